The van der Waals surface area contributed by atoms with Crippen molar-refractivity contribution in [3.63, 3.8) is 0 Å². The Hall–Kier alpha value is -3.52. The van der Waals surface area contributed by atoms with Gasteiger partial charge in [0.2, 0.25) is 5.78 Å². The van der Waals surface area contributed by atoms with Gasteiger partial charge in [-0.15, -0.1) is 11.3 Å². The van der Waals surface area contributed by atoms with Crippen molar-refractivity contribution in [1.82, 2.24) is 4.98 Å². The summed E-state index contributed by atoms with van der Waals surface area (Å²) < 4.78 is 18.7. The number of carbonyl (C=O) groups excluding carboxylic acids is 2. The average molecular weight is 438 g/mol. The van der Waals surface area contributed by atoms with E-state index in [0.29, 0.717) is 32.6 Å². The fourth-order valence-corrected chi connectivity index (χ4v) is 4.55. The fourth-order valence-electron chi connectivity index (χ4n) is 3.67. The van der Waals surface area contributed by atoms with E-state index in [0.717, 1.165) is 0 Å². The Labute approximate surface area is 182 Å². The van der Waals surface area contributed by atoms with Gasteiger partial charge in [-0.1, -0.05) is 12.1 Å². The lowest BCUT2D eigenvalue weighted by Crippen LogP contribution is -2.31. The molecule has 1 amide bonds. The maximum absolute atomic E-state index is 13.6. The first kappa shape index (κ1) is 20.7. The molecule has 1 unspecified atom stereocenters. The van der Waals surface area contributed by atoms with Gasteiger partial charge >= 0.3 is 0 Å². The standard InChI is InChI=1S/C23H19FN2O4S/c1-12-22(31-13(2)25-12)20(27)18-19(14-4-6-15(24)7-5-14)26(23(29)21(18)28)16-8-10-17(30-3)11-9-16/h4-11,19,28H,1-3H3. The number of Topliss-reactive ketones (excluding diaryl/α,β-unsaturated/α-hetero) is 1. The average Bonchev–Trinajstić information content (AvgIpc) is 3.24. The molecule has 8 heteroatoms. The van der Waals surface area contributed by atoms with E-state index in [2.05, 4.69) is 4.98 Å². The van der Waals surface area contributed by atoms with Gasteiger partial charge < -0.3 is 9.84 Å². The number of rotatable bonds is 5. The minimum Gasteiger partial charge on any atom is -0.503 e. The minimum atomic E-state index is -0.921. The second kappa shape index (κ2) is 7.96. The molecule has 2 heterocycles. The lowest BCUT2D eigenvalue weighted by atomic mass is 9.94. The number of carbonyl (C=O) groups is 2. The Balaban J connectivity index is 1.87. The number of aromatic nitrogens is 1. The molecule has 0 aliphatic carbocycles. The number of ketones is 1. The van der Waals surface area contributed by atoms with Crippen LogP contribution in [0.1, 0.15) is 32.0 Å². The van der Waals surface area contributed by atoms with Gasteiger partial charge in [-0.05, 0) is 55.8 Å². The third kappa shape index (κ3) is 3.59. The number of benzene rings is 2. The molecule has 0 saturated carbocycles. The van der Waals surface area contributed by atoms with Gasteiger partial charge in [0.25, 0.3) is 5.91 Å². The normalized spacial score (nSPS) is 16.2. The van der Waals surface area contributed by atoms with Crippen LogP contribution in [0, 0.1) is 19.7 Å². The van der Waals surface area contributed by atoms with Gasteiger partial charge in [-0.2, -0.15) is 0 Å². The smallest absolute Gasteiger partial charge is 0.294 e. The summed E-state index contributed by atoms with van der Waals surface area (Å²) in [6, 6.07) is 11.3. The number of hydrogen-bond donors (Lipinski definition) is 1. The van der Waals surface area contributed by atoms with Crippen molar-refractivity contribution in [3.8, 4) is 5.75 Å². The summed E-state index contributed by atoms with van der Waals surface area (Å²) in [7, 11) is 1.53. The van der Waals surface area contributed by atoms with E-state index in [1.54, 1.807) is 38.1 Å². The van der Waals surface area contributed by atoms with Crippen LogP contribution in [0.2, 0.25) is 0 Å². The first-order valence-corrected chi connectivity index (χ1v) is 10.3. The second-order valence-electron chi connectivity index (χ2n) is 7.07. The number of aryl methyl sites for hydroxylation is 2. The molecule has 158 valence electrons. The molecule has 31 heavy (non-hydrogen) atoms. The Bertz CT molecular complexity index is 1200. The molecule has 3 aromatic rings. The molecule has 0 bridgehead atoms. The number of hydrogen-bond acceptors (Lipinski definition) is 6. The van der Waals surface area contributed by atoms with Crippen molar-refractivity contribution in [2.45, 2.75) is 19.9 Å². The van der Waals surface area contributed by atoms with Crippen LogP contribution in [-0.2, 0) is 4.79 Å². The molecule has 0 spiro atoms. The highest BCUT2D eigenvalue weighted by atomic mass is 32.1. The molecule has 1 N–H and O–H groups in total. The molecule has 2 aromatic carbocycles. The maximum atomic E-state index is 13.6. The minimum absolute atomic E-state index is 0.0563. The molecule has 0 saturated heterocycles. The van der Waals surface area contributed by atoms with Crippen LogP contribution in [-0.4, -0.2) is 28.9 Å². The number of nitrogens with zero attached hydrogens (tertiary/aromatic N) is 2. The number of anilines is 1. The highest BCUT2D eigenvalue weighted by Gasteiger charge is 2.45. The number of aliphatic hydroxyl groups excluding tert-OH is 1. The van der Waals surface area contributed by atoms with Crippen LogP contribution in [0.5, 0.6) is 5.75 Å². The highest BCUT2D eigenvalue weighted by molar-refractivity contribution is 7.14. The largest absolute Gasteiger partial charge is 0.503 e. The summed E-state index contributed by atoms with van der Waals surface area (Å²) in [4.78, 5) is 32.5. The molecule has 6 nitrogen and oxygen atoms in total. The zero-order valence-corrected chi connectivity index (χ0v) is 17.9. The summed E-state index contributed by atoms with van der Waals surface area (Å²) >= 11 is 1.20. The Morgan fingerprint density at radius 2 is 1.77 bits per heavy atom. The van der Waals surface area contributed by atoms with Gasteiger partial charge in [0.15, 0.2) is 5.76 Å². The van der Waals surface area contributed by atoms with Crippen LogP contribution >= 0.6 is 11.3 Å². The Morgan fingerprint density at radius 1 is 1.13 bits per heavy atom. The lowest BCUT2D eigenvalue weighted by molar-refractivity contribution is -0.117. The van der Waals surface area contributed by atoms with Crippen LogP contribution in [0.4, 0.5) is 10.1 Å². The van der Waals surface area contributed by atoms with Gasteiger partial charge in [0.1, 0.15) is 11.6 Å². The Morgan fingerprint density at radius 3 is 2.32 bits per heavy atom. The van der Waals surface area contributed by atoms with Crippen molar-refractivity contribution >= 4 is 28.7 Å². The molecule has 1 aliphatic rings. The number of thiazole rings is 1. The third-order valence-electron chi connectivity index (χ3n) is 5.10. The molecular weight excluding hydrogens is 419 g/mol. The molecule has 4 rings (SSSR count). The molecule has 0 fully saturated rings. The fraction of sp³-hybridized carbons (Fsp3) is 0.174. The molecular formula is C23H19FN2O4S. The van der Waals surface area contributed by atoms with Gasteiger partial charge in [-0.3, -0.25) is 14.5 Å². The Kier molecular flexibility index (Phi) is 5.32. The van der Waals surface area contributed by atoms with E-state index in [1.807, 2.05) is 0 Å². The maximum Gasteiger partial charge on any atom is 0.294 e. The SMILES string of the molecule is COc1ccc(N2C(=O)C(O)=C(C(=O)c3sc(C)nc3C)C2c2ccc(F)cc2)cc1. The number of amides is 1. The van der Waals surface area contributed by atoms with E-state index >= 15 is 0 Å². The van der Waals surface area contributed by atoms with E-state index in [1.165, 1.54) is 47.6 Å². The molecule has 1 atom stereocenters. The monoisotopic (exact) mass is 438 g/mol. The van der Waals surface area contributed by atoms with Crippen LogP contribution in [0.3, 0.4) is 0 Å². The van der Waals surface area contributed by atoms with Crippen molar-refractivity contribution in [1.29, 1.82) is 0 Å². The first-order valence-electron chi connectivity index (χ1n) is 9.46. The van der Waals surface area contributed by atoms with Crippen molar-refractivity contribution in [2.75, 3.05) is 12.0 Å². The van der Waals surface area contributed by atoms with E-state index in [4.69, 9.17) is 4.74 Å². The third-order valence-corrected chi connectivity index (χ3v) is 6.17. The summed E-state index contributed by atoms with van der Waals surface area (Å²) in [5, 5.41) is 11.5. The van der Waals surface area contributed by atoms with E-state index in [-0.39, 0.29) is 5.57 Å². The van der Waals surface area contributed by atoms with Crippen LogP contribution < -0.4 is 9.64 Å². The highest BCUT2D eigenvalue weighted by Crippen LogP contribution is 2.43. The topological polar surface area (TPSA) is 79.7 Å². The predicted octanol–water partition coefficient (Wildman–Crippen LogP) is 4.69. The van der Waals surface area contributed by atoms with Gasteiger partial charge in [0.05, 0.1) is 34.3 Å². The first-order chi connectivity index (χ1) is 14.8. The number of ether oxygens (including phenoxy) is 1. The quantitative estimate of drug-likeness (QED) is 0.585. The number of halogens is 1. The summed E-state index contributed by atoms with van der Waals surface area (Å²) in [5.74, 6) is -1.65. The molecule has 1 aliphatic heterocycles. The number of methoxy groups -OCH3 is 1. The number of aliphatic hydroxyl groups is 1. The van der Waals surface area contributed by atoms with Gasteiger partial charge in [-0.25, -0.2) is 9.37 Å². The summed E-state index contributed by atoms with van der Waals surface area (Å²) in [5.41, 5.74) is 1.43. The zero-order valence-electron chi connectivity index (χ0n) is 17.0. The summed E-state index contributed by atoms with van der Waals surface area (Å²) in [6.07, 6.45) is 0. The van der Waals surface area contributed by atoms with E-state index in [9.17, 15) is 19.1 Å². The zero-order chi connectivity index (χ0) is 22.3. The van der Waals surface area contributed by atoms with Crippen molar-refractivity contribution < 1.29 is 23.8 Å². The van der Waals surface area contributed by atoms with E-state index < -0.39 is 29.3 Å². The lowest BCUT2D eigenvalue weighted by Gasteiger charge is -2.27. The summed E-state index contributed by atoms with van der Waals surface area (Å²) in [6.45, 7) is 3.49. The van der Waals surface area contributed by atoms with Crippen molar-refractivity contribution in [2.24, 2.45) is 0 Å². The molecule has 0 radical (unpaired) electrons. The predicted molar refractivity (Wildman–Crippen MR) is 115 cm³/mol. The second-order valence-corrected chi connectivity index (χ2v) is 8.27. The van der Waals surface area contributed by atoms with Crippen molar-refractivity contribution in [3.05, 3.63) is 86.8 Å². The van der Waals surface area contributed by atoms with Gasteiger partial charge in [0, 0.05) is 5.69 Å². The van der Waals surface area contributed by atoms with Crippen LogP contribution in [0.15, 0.2) is 59.9 Å². The molecule has 1 aromatic heterocycles. The van der Waals surface area contributed by atoms with Crippen LogP contribution in [0.25, 0.3) is 0 Å².